The first-order valence-corrected chi connectivity index (χ1v) is 7.41. The van der Waals surface area contributed by atoms with Crippen LogP contribution >= 0.6 is 0 Å². The summed E-state index contributed by atoms with van der Waals surface area (Å²) in [6, 6.07) is 0.668. The average molecular weight is 253 g/mol. The second kappa shape index (κ2) is 6.53. The van der Waals surface area contributed by atoms with Crippen LogP contribution in [0.25, 0.3) is 0 Å². The average Bonchev–Trinajstić information content (AvgIpc) is 2.62. The van der Waals surface area contributed by atoms with E-state index in [0.29, 0.717) is 12.0 Å². The Labute approximate surface area is 110 Å². The summed E-state index contributed by atoms with van der Waals surface area (Å²) in [7, 11) is 2.03. The molecule has 104 valence electrons. The van der Waals surface area contributed by atoms with Crippen LogP contribution in [-0.4, -0.2) is 49.6 Å². The van der Waals surface area contributed by atoms with Crippen molar-refractivity contribution in [2.75, 3.05) is 26.7 Å². The van der Waals surface area contributed by atoms with E-state index in [4.69, 9.17) is 0 Å². The van der Waals surface area contributed by atoms with E-state index in [1.165, 1.54) is 19.3 Å². The molecule has 3 unspecified atom stereocenters. The molecule has 0 aromatic rings. The van der Waals surface area contributed by atoms with E-state index in [0.717, 1.165) is 32.5 Å². The summed E-state index contributed by atoms with van der Waals surface area (Å²) in [6.45, 7) is 5.27. The number of rotatable bonds is 3. The van der Waals surface area contributed by atoms with E-state index in [1.54, 1.807) is 0 Å². The van der Waals surface area contributed by atoms with Gasteiger partial charge in [0.15, 0.2) is 0 Å². The monoisotopic (exact) mass is 253 g/mol. The van der Waals surface area contributed by atoms with Crippen LogP contribution in [0, 0.1) is 5.92 Å². The highest BCUT2D eigenvalue weighted by atomic mass is 16.2. The van der Waals surface area contributed by atoms with Gasteiger partial charge in [0.05, 0.1) is 6.04 Å². The van der Waals surface area contributed by atoms with E-state index in [1.807, 2.05) is 7.05 Å². The maximum absolute atomic E-state index is 12.1. The Morgan fingerprint density at radius 1 is 1.33 bits per heavy atom. The van der Waals surface area contributed by atoms with Gasteiger partial charge in [-0.3, -0.25) is 9.69 Å². The third-order valence-electron chi connectivity index (χ3n) is 4.60. The Morgan fingerprint density at radius 3 is 2.94 bits per heavy atom. The summed E-state index contributed by atoms with van der Waals surface area (Å²) in [5, 5.41) is 6.41. The highest BCUT2D eigenvalue weighted by Gasteiger charge is 2.32. The fourth-order valence-electron chi connectivity index (χ4n) is 3.24. The van der Waals surface area contributed by atoms with Crippen molar-refractivity contribution in [3.05, 3.63) is 0 Å². The van der Waals surface area contributed by atoms with Gasteiger partial charge < -0.3 is 10.6 Å². The number of nitrogens with one attached hydrogen (secondary N) is 2. The molecular weight excluding hydrogens is 226 g/mol. The lowest BCUT2D eigenvalue weighted by Crippen LogP contribution is -2.52. The molecule has 4 nitrogen and oxygen atoms in total. The Morgan fingerprint density at radius 2 is 2.17 bits per heavy atom. The molecule has 0 bridgehead atoms. The standard InChI is InChI=1S/C14H27N3O/c1-11(15-2)12-6-5-9-17(10-12)13-7-3-4-8-16-14(13)18/h11-13,15H,3-10H2,1-2H3,(H,16,18). The predicted molar refractivity (Wildman–Crippen MR) is 73.5 cm³/mol. The molecule has 0 spiro atoms. The molecular formula is C14H27N3O. The fraction of sp³-hybridized carbons (Fsp3) is 0.929. The van der Waals surface area contributed by atoms with Gasteiger partial charge in [-0.15, -0.1) is 0 Å². The van der Waals surface area contributed by atoms with Crippen molar-refractivity contribution in [3.63, 3.8) is 0 Å². The van der Waals surface area contributed by atoms with Gasteiger partial charge in [-0.1, -0.05) is 0 Å². The number of amides is 1. The van der Waals surface area contributed by atoms with Crippen molar-refractivity contribution < 1.29 is 4.79 Å². The van der Waals surface area contributed by atoms with Crippen LogP contribution in [0.2, 0.25) is 0 Å². The van der Waals surface area contributed by atoms with Crippen LogP contribution in [0.15, 0.2) is 0 Å². The topological polar surface area (TPSA) is 44.4 Å². The molecule has 2 saturated heterocycles. The van der Waals surface area contributed by atoms with Crippen molar-refractivity contribution in [1.29, 1.82) is 0 Å². The number of piperidine rings is 1. The summed E-state index contributed by atoms with van der Waals surface area (Å²) in [5.74, 6) is 0.935. The van der Waals surface area contributed by atoms with Gasteiger partial charge in [-0.2, -0.15) is 0 Å². The normalized spacial score (nSPS) is 32.7. The zero-order chi connectivity index (χ0) is 13.0. The quantitative estimate of drug-likeness (QED) is 0.788. The molecule has 0 saturated carbocycles. The van der Waals surface area contributed by atoms with Crippen molar-refractivity contribution in [3.8, 4) is 0 Å². The first-order chi connectivity index (χ1) is 8.72. The molecule has 3 atom stereocenters. The van der Waals surface area contributed by atoms with E-state index in [2.05, 4.69) is 22.5 Å². The van der Waals surface area contributed by atoms with Gasteiger partial charge in [-0.05, 0) is 58.5 Å². The van der Waals surface area contributed by atoms with E-state index in [9.17, 15) is 4.79 Å². The largest absolute Gasteiger partial charge is 0.355 e. The number of carbonyl (C=O) groups excluding carboxylic acids is 1. The second-order valence-electron chi connectivity index (χ2n) is 5.78. The summed E-state index contributed by atoms with van der Waals surface area (Å²) >= 11 is 0. The second-order valence-corrected chi connectivity index (χ2v) is 5.78. The van der Waals surface area contributed by atoms with Crippen molar-refractivity contribution in [2.24, 2.45) is 5.92 Å². The Hall–Kier alpha value is -0.610. The van der Waals surface area contributed by atoms with Crippen LogP contribution in [0.1, 0.15) is 39.0 Å². The van der Waals surface area contributed by atoms with Gasteiger partial charge in [0.25, 0.3) is 0 Å². The van der Waals surface area contributed by atoms with Crippen LogP contribution in [0.4, 0.5) is 0 Å². The van der Waals surface area contributed by atoms with Crippen LogP contribution in [0.3, 0.4) is 0 Å². The molecule has 0 aromatic carbocycles. The third-order valence-corrected chi connectivity index (χ3v) is 4.60. The molecule has 2 fully saturated rings. The highest BCUT2D eigenvalue weighted by Crippen LogP contribution is 2.23. The lowest BCUT2D eigenvalue weighted by atomic mass is 9.90. The van der Waals surface area contributed by atoms with E-state index >= 15 is 0 Å². The molecule has 2 heterocycles. The zero-order valence-electron chi connectivity index (χ0n) is 11.7. The Bertz CT molecular complexity index is 282. The SMILES string of the molecule is CNC(C)C1CCCN(C2CCCCNC2=O)C1. The number of hydrogen-bond donors (Lipinski definition) is 2. The minimum absolute atomic E-state index is 0.124. The minimum Gasteiger partial charge on any atom is -0.355 e. The lowest BCUT2D eigenvalue weighted by Gasteiger charge is -2.39. The van der Waals surface area contributed by atoms with Crippen LogP contribution < -0.4 is 10.6 Å². The minimum atomic E-state index is 0.124. The van der Waals surface area contributed by atoms with E-state index in [-0.39, 0.29) is 11.9 Å². The molecule has 2 aliphatic heterocycles. The van der Waals surface area contributed by atoms with Gasteiger partial charge in [0.2, 0.25) is 5.91 Å². The van der Waals surface area contributed by atoms with Gasteiger partial charge in [0, 0.05) is 19.1 Å². The molecule has 18 heavy (non-hydrogen) atoms. The first kappa shape index (κ1) is 13.8. The smallest absolute Gasteiger partial charge is 0.237 e. The number of hydrogen-bond acceptors (Lipinski definition) is 3. The highest BCUT2D eigenvalue weighted by molar-refractivity contribution is 5.81. The van der Waals surface area contributed by atoms with Crippen LogP contribution in [-0.2, 0) is 4.79 Å². The van der Waals surface area contributed by atoms with Crippen molar-refractivity contribution >= 4 is 5.91 Å². The fourth-order valence-corrected chi connectivity index (χ4v) is 3.24. The zero-order valence-corrected chi connectivity index (χ0v) is 11.7. The summed E-state index contributed by atoms with van der Waals surface area (Å²) in [5.41, 5.74) is 0. The third kappa shape index (κ3) is 3.23. The molecule has 2 N–H and O–H groups in total. The lowest BCUT2D eigenvalue weighted by molar-refractivity contribution is -0.127. The first-order valence-electron chi connectivity index (χ1n) is 7.41. The van der Waals surface area contributed by atoms with Gasteiger partial charge in [-0.25, -0.2) is 0 Å². The molecule has 4 heteroatoms. The maximum Gasteiger partial charge on any atom is 0.237 e. The molecule has 1 amide bonds. The molecule has 2 aliphatic rings. The molecule has 0 aromatic heterocycles. The number of likely N-dealkylation sites (tertiary alicyclic amines) is 1. The van der Waals surface area contributed by atoms with Crippen molar-refractivity contribution in [1.82, 2.24) is 15.5 Å². The van der Waals surface area contributed by atoms with Crippen LogP contribution in [0.5, 0.6) is 0 Å². The van der Waals surface area contributed by atoms with E-state index < -0.39 is 0 Å². The van der Waals surface area contributed by atoms with Gasteiger partial charge in [0.1, 0.15) is 0 Å². The summed E-state index contributed by atoms with van der Waals surface area (Å²) < 4.78 is 0. The van der Waals surface area contributed by atoms with Gasteiger partial charge >= 0.3 is 0 Å². The number of nitrogens with zero attached hydrogens (tertiary/aromatic N) is 1. The number of carbonyl (C=O) groups is 1. The molecule has 2 rings (SSSR count). The predicted octanol–water partition coefficient (Wildman–Crippen LogP) is 0.975. The Kier molecular flexibility index (Phi) is 5.01. The molecule has 0 radical (unpaired) electrons. The molecule has 0 aliphatic carbocycles. The van der Waals surface area contributed by atoms with Crippen molar-refractivity contribution in [2.45, 2.75) is 51.1 Å². The summed E-state index contributed by atoms with van der Waals surface area (Å²) in [6.07, 6.45) is 5.85. The Balaban J connectivity index is 1.96. The maximum atomic E-state index is 12.1. The summed E-state index contributed by atoms with van der Waals surface area (Å²) in [4.78, 5) is 14.5.